The monoisotopic (exact) mass is 360 g/mol. The molecule has 6 nitrogen and oxygen atoms in total. The number of aromatic nitrogens is 4. The maximum absolute atomic E-state index is 4.78. The van der Waals surface area contributed by atoms with Crippen molar-refractivity contribution in [3.8, 4) is 0 Å². The fourth-order valence-electron chi connectivity index (χ4n) is 3.62. The van der Waals surface area contributed by atoms with E-state index >= 15 is 0 Å². The molecule has 2 aromatic heterocycles. The van der Waals surface area contributed by atoms with Crippen LogP contribution in [0, 0.1) is 0 Å². The smallest absolute Gasteiger partial charge is 0.227 e. The SMILES string of the molecule is c1ccc(CCN2CCCCC2c2ccnc(Nc3cncnc3)n2)cc1. The second kappa shape index (κ2) is 8.68. The van der Waals surface area contributed by atoms with E-state index in [9.17, 15) is 0 Å². The van der Waals surface area contributed by atoms with Crippen LogP contribution in [0.4, 0.5) is 11.6 Å². The molecule has 1 fully saturated rings. The molecule has 1 unspecified atom stereocenters. The molecule has 0 saturated carbocycles. The molecule has 1 aromatic carbocycles. The summed E-state index contributed by atoms with van der Waals surface area (Å²) in [6.07, 6.45) is 11.5. The van der Waals surface area contributed by atoms with Gasteiger partial charge in [0.25, 0.3) is 0 Å². The summed E-state index contributed by atoms with van der Waals surface area (Å²) in [7, 11) is 0. The summed E-state index contributed by atoms with van der Waals surface area (Å²) >= 11 is 0. The largest absolute Gasteiger partial charge is 0.322 e. The van der Waals surface area contributed by atoms with E-state index in [-0.39, 0.29) is 0 Å². The zero-order valence-electron chi connectivity index (χ0n) is 15.3. The van der Waals surface area contributed by atoms with Gasteiger partial charge in [-0.15, -0.1) is 0 Å². The van der Waals surface area contributed by atoms with Crippen LogP contribution in [0.3, 0.4) is 0 Å². The Bertz CT molecular complexity index is 840. The van der Waals surface area contributed by atoms with Gasteiger partial charge in [-0.2, -0.15) is 0 Å². The summed E-state index contributed by atoms with van der Waals surface area (Å²) in [6, 6.07) is 13.1. The van der Waals surface area contributed by atoms with E-state index in [1.807, 2.05) is 12.3 Å². The van der Waals surface area contributed by atoms with Crippen molar-refractivity contribution in [1.82, 2.24) is 24.8 Å². The average molecular weight is 360 g/mol. The van der Waals surface area contributed by atoms with Crippen LogP contribution in [0.25, 0.3) is 0 Å². The lowest BCUT2D eigenvalue weighted by molar-refractivity contribution is 0.147. The first-order chi connectivity index (χ1) is 13.4. The van der Waals surface area contributed by atoms with E-state index < -0.39 is 0 Å². The van der Waals surface area contributed by atoms with Crippen LogP contribution in [0.15, 0.2) is 61.3 Å². The molecular weight excluding hydrogens is 336 g/mol. The van der Waals surface area contributed by atoms with Crippen LogP contribution in [-0.2, 0) is 6.42 Å². The molecule has 0 amide bonds. The summed E-state index contributed by atoms with van der Waals surface area (Å²) in [5.74, 6) is 0.593. The number of likely N-dealkylation sites (tertiary alicyclic amines) is 1. The fraction of sp³-hybridized carbons (Fsp3) is 0.333. The first-order valence-electron chi connectivity index (χ1n) is 9.51. The van der Waals surface area contributed by atoms with Crippen LogP contribution < -0.4 is 5.32 Å². The molecule has 3 heterocycles. The molecule has 1 aliphatic rings. The average Bonchev–Trinajstić information content (AvgIpc) is 2.74. The molecule has 27 heavy (non-hydrogen) atoms. The Morgan fingerprint density at radius 2 is 1.89 bits per heavy atom. The van der Waals surface area contributed by atoms with Crippen molar-refractivity contribution in [3.63, 3.8) is 0 Å². The Morgan fingerprint density at radius 3 is 2.74 bits per heavy atom. The van der Waals surface area contributed by atoms with Crippen LogP contribution in [-0.4, -0.2) is 37.9 Å². The van der Waals surface area contributed by atoms with Crippen molar-refractivity contribution >= 4 is 11.6 Å². The highest BCUT2D eigenvalue weighted by molar-refractivity contribution is 5.49. The van der Waals surface area contributed by atoms with E-state index in [1.165, 1.54) is 24.7 Å². The van der Waals surface area contributed by atoms with Gasteiger partial charge in [0.2, 0.25) is 5.95 Å². The van der Waals surface area contributed by atoms with E-state index in [0.717, 1.165) is 37.3 Å². The number of nitrogens with one attached hydrogen (secondary N) is 1. The summed E-state index contributed by atoms with van der Waals surface area (Å²) < 4.78 is 0. The van der Waals surface area contributed by atoms with Crippen molar-refractivity contribution in [3.05, 3.63) is 72.6 Å². The minimum Gasteiger partial charge on any atom is -0.322 e. The van der Waals surface area contributed by atoms with Crippen molar-refractivity contribution in [2.45, 2.75) is 31.7 Å². The molecule has 0 radical (unpaired) electrons. The van der Waals surface area contributed by atoms with E-state index in [2.05, 4.69) is 55.5 Å². The zero-order valence-corrected chi connectivity index (χ0v) is 15.3. The van der Waals surface area contributed by atoms with Crippen LogP contribution >= 0.6 is 0 Å². The molecule has 0 aliphatic carbocycles. The van der Waals surface area contributed by atoms with Crippen molar-refractivity contribution in [2.24, 2.45) is 0 Å². The number of anilines is 2. The molecule has 1 saturated heterocycles. The number of nitrogens with zero attached hydrogens (tertiary/aromatic N) is 5. The summed E-state index contributed by atoms with van der Waals surface area (Å²) in [4.78, 5) is 19.7. The van der Waals surface area contributed by atoms with E-state index in [1.54, 1.807) is 12.4 Å². The van der Waals surface area contributed by atoms with Crippen LogP contribution in [0.2, 0.25) is 0 Å². The summed E-state index contributed by atoms with van der Waals surface area (Å²) in [5, 5.41) is 3.19. The number of hydrogen-bond donors (Lipinski definition) is 1. The van der Waals surface area contributed by atoms with Gasteiger partial charge in [0.15, 0.2) is 0 Å². The normalized spacial score (nSPS) is 17.6. The van der Waals surface area contributed by atoms with Crippen molar-refractivity contribution in [1.29, 1.82) is 0 Å². The number of hydrogen-bond acceptors (Lipinski definition) is 6. The topological polar surface area (TPSA) is 66.8 Å². The minimum absolute atomic E-state index is 0.345. The fourth-order valence-corrected chi connectivity index (χ4v) is 3.62. The lowest BCUT2D eigenvalue weighted by Crippen LogP contribution is -2.35. The number of benzene rings is 1. The Hall–Kier alpha value is -2.86. The lowest BCUT2D eigenvalue weighted by Gasteiger charge is -2.35. The van der Waals surface area contributed by atoms with Crippen molar-refractivity contribution in [2.75, 3.05) is 18.4 Å². The highest BCUT2D eigenvalue weighted by Crippen LogP contribution is 2.30. The van der Waals surface area contributed by atoms with Gasteiger partial charge in [-0.1, -0.05) is 36.8 Å². The van der Waals surface area contributed by atoms with Gasteiger partial charge in [0.1, 0.15) is 6.33 Å². The highest BCUT2D eigenvalue weighted by Gasteiger charge is 2.25. The molecule has 4 rings (SSSR count). The third-order valence-corrected chi connectivity index (χ3v) is 4.98. The Morgan fingerprint density at radius 1 is 1.04 bits per heavy atom. The number of rotatable bonds is 6. The van der Waals surface area contributed by atoms with E-state index in [0.29, 0.717) is 12.0 Å². The second-order valence-corrected chi connectivity index (χ2v) is 6.84. The van der Waals surface area contributed by atoms with Gasteiger partial charge in [-0.3, -0.25) is 4.90 Å². The Labute approximate surface area is 159 Å². The highest BCUT2D eigenvalue weighted by atomic mass is 15.2. The predicted octanol–water partition coefficient (Wildman–Crippen LogP) is 3.78. The van der Waals surface area contributed by atoms with Crippen LogP contribution in [0.1, 0.15) is 36.6 Å². The van der Waals surface area contributed by atoms with Gasteiger partial charge in [-0.25, -0.2) is 19.9 Å². The summed E-state index contributed by atoms with van der Waals surface area (Å²) in [6.45, 7) is 2.17. The van der Waals surface area contributed by atoms with Crippen LogP contribution in [0.5, 0.6) is 0 Å². The standard InChI is InChI=1S/C21H24N6/c1-2-6-17(7-3-1)10-13-27-12-5-4-8-20(27)19-9-11-24-21(26-19)25-18-14-22-16-23-15-18/h1-3,6-7,9,11,14-16,20H,4-5,8,10,12-13H2,(H,24,25,26). The molecule has 1 N–H and O–H groups in total. The minimum atomic E-state index is 0.345. The van der Waals surface area contributed by atoms with Crippen molar-refractivity contribution < 1.29 is 0 Å². The van der Waals surface area contributed by atoms with Gasteiger partial charge >= 0.3 is 0 Å². The van der Waals surface area contributed by atoms with Gasteiger partial charge in [0.05, 0.1) is 29.8 Å². The first kappa shape index (κ1) is 17.5. The quantitative estimate of drug-likeness (QED) is 0.722. The lowest BCUT2D eigenvalue weighted by atomic mass is 9.98. The van der Waals surface area contributed by atoms with Gasteiger partial charge < -0.3 is 5.32 Å². The molecule has 1 atom stereocenters. The molecule has 0 spiro atoms. The number of piperidine rings is 1. The molecule has 6 heteroatoms. The molecular formula is C21H24N6. The molecule has 138 valence electrons. The third-order valence-electron chi connectivity index (χ3n) is 4.98. The molecule has 3 aromatic rings. The van der Waals surface area contributed by atoms with E-state index in [4.69, 9.17) is 4.98 Å². The zero-order chi connectivity index (χ0) is 18.3. The Kier molecular flexibility index (Phi) is 5.64. The first-order valence-corrected chi connectivity index (χ1v) is 9.51. The Balaban J connectivity index is 1.47. The second-order valence-electron chi connectivity index (χ2n) is 6.84. The maximum atomic E-state index is 4.78. The molecule has 1 aliphatic heterocycles. The third kappa shape index (κ3) is 4.65. The predicted molar refractivity (Wildman–Crippen MR) is 106 cm³/mol. The maximum Gasteiger partial charge on any atom is 0.227 e. The van der Waals surface area contributed by atoms with Gasteiger partial charge in [0, 0.05) is 12.7 Å². The summed E-state index contributed by atoms with van der Waals surface area (Å²) in [5.41, 5.74) is 3.26. The van der Waals surface area contributed by atoms with Gasteiger partial charge in [-0.05, 0) is 37.4 Å². The molecule has 0 bridgehead atoms.